The largest absolute Gasteiger partial charge is 0.356 e. The number of hydrogen-bond acceptors (Lipinski definition) is 2. The lowest BCUT2D eigenvalue weighted by Gasteiger charge is -2.05. The maximum atomic E-state index is 12.5. The Morgan fingerprint density at radius 2 is 1.71 bits per heavy atom. The van der Waals surface area contributed by atoms with Crippen LogP contribution in [0.5, 0.6) is 0 Å². The van der Waals surface area contributed by atoms with Crippen molar-refractivity contribution in [2.45, 2.75) is 38.9 Å². The molecule has 3 rings (SSSR count). The van der Waals surface area contributed by atoms with Gasteiger partial charge in [0.05, 0.1) is 0 Å². The quantitative estimate of drug-likeness (QED) is 0.612. The summed E-state index contributed by atoms with van der Waals surface area (Å²) in [6.45, 7) is 6.31. The fourth-order valence-corrected chi connectivity index (χ4v) is 2.64. The third kappa shape index (κ3) is 2.77. The first-order valence-electron chi connectivity index (χ1n) is 7.43. The molecule has 2 aromatic rings. The van der Waals surface area contributed by atoms with Crippen molar-refractivity contribution < 1.29 is 9.53 Å². The highest BCUT2D eigenvalue weighted by Crippen LogP contribution is 2.41. The van der Waals surface area contributed by atoms with Gasteiger partial charge in [0.1, 0.15) is 6.10 Å². The molecule has 1 fully saturated rings. The second-order valence-electron chi connectivity index (χ2n) is 5.98. The molecule has 1 aliphatic heterocycles. The van der Waals surface area contributed by atoms with E-state index in [1.807, 2.05) is 31.2 Å². The molecule has 1 aliphatic rings. The molecule has 2 unspecified atom stereocenters. The van der Waals surface area contributed by atoms with Gasteiger partial charge >= 0.3 is 0 Å². The van der Waals surface area contributed by atoms with Crippen molar-refractivity contribution in [2.75, 3.05) is 0 Å². The Bertz CT molecular complexity index is 656. The number of hydrogen-bond donors (Lipinski definition) is 0. The van der Waals surface area contributed by atoms with Crippen molar-refractivity contribution in [1.82, 2.24) is 0 Å². The number of ether oxygens (including phenoxy) is 1. The minimum atomic E-state index is -0.323. The topological polar surface area (TPSA) is 29.6 Å². The highest BCUT2D eigenvalue weighted by Gasteiger charge is 2.46. The van der Waals surface area contributed by atoms with Gasteiger partial charge in [0.25, 0.3) is 0 Å². The van der Waals surface area contributed by atoms with Crippen LogP contribution in [-0.2, 0) is 4.74 Å². The smallest absolute Gasteiger partial charge is 0.194 e. The van der Waals surface area contributed by atoms with Crippen molar-refractivity contribution in [3.05, 3.63) is 70.8 Å². The molecule has 1 heterocycles. The zero-order chi connectivity index (χ0) is 15.0. The van der Waals surface area contributed by atoms with Crippen molar-refractivity contribution in [3.63, 3.8) is 0 Å². The molecule has 2 heteroatoms. The highest BCUT2D eigenvalue weighted by atomic mass is 16.6. The van der Waals surface area contributed by atoms with Crippen molar-refractivity contribution >= 4 is 5.78 Å². The SMILES string of the molecule is Cc1ccccc1C(=O)C1OC1c1ccc(C(C)C)cc1. The number of carbonyl (C=O) groups is 1. The first kappa shape index (κ1) is 14.0. The number of rotatable bonds is 4. The van der Waals surface area contributed by atoms with E-state index in [1.165, 1.54) is 5.56 Å². The number of Topliss-reactive ketones (excluding diaryl/α,β-unsaturated/α-hetero) is 1. The average Bonchev–Trinajstić information content (AvgIpc) is 3.27. The minimum absolute atomic E-state index is 0.0849. The molecule has 0 radical (unpaired) electrons. The molecule has 2 aromatic carbocycles. The summed E-state index contributed by atoms with van der Waals surface area (Å²) in [5, 5.41) is 0. The molecular formula is C19H20O2. The summed E-state index contributed by atoms with van der Waals surface area (Å²) in [7, 11) is 0. The molecule has 2 nitrogen and oxygen atoms in total. The van der Waals surface area contributed by atoms with Crippen molar-refractivity contribution in [2.24, 2.45) is 0 Å². The summed E-state index contributed by atoms with van der Waals surface area (Å²) in [5.74, 6) is 0.606. The van der Waals surface area contributed by atoms with Gasteiger partial charge in [0, 0.05) is 5.56 Å². The van der Waals surface area contributed by atoms with Gasteiger partial charge in [-0.2, -0.15) is 0 Å². The summed E-state index contributed by atoms with van der Waals surface area (Å²) in [5.41, 5.74) is 4.17. The Hall–Kier alpha value is -1.93. The summed E-state index contributed by atoms with van der Waals surface area (Å²) in [4.78, 5) is 12.5. The van der Waals surface area contributed by atoms with Crippen LogP contribution in [0.2, 0.25) is 0 Å². The van der Waals surface area contributed by atoms with Crippen LogP contribution >= 0.6 is 0 Å². The lowest BCUT2D eigenvalue weighted by molar-refractivity contribution is 0.0953. The van der Waals surface area contributed by atoms with Gasteiger partial charge in [-0.1, -0.05) is 62.4 Å². The van der Waals surface area contributed by atoms with Gasteiger partial charge in [0.2, 0.25) is 0 Å². The van der Waals surface area contributed by atoms with Crippen LogP contribution in [-0.4, -0.2) is 11.9 Å². The van der Waals surface area contributed by atoms with Gasteiger partial charge in [-0.25, -0.2) is 0 Å². The van der Waals surface area contributed by atoms with Crippen LogP contribution in [0.1, 0.15) is 52.9 Å². The fourth-order valence-electron chi connectivity index (χ4n) is 2.64. The summed E-state index contributed by atoms with van der Waals surface area (Å²) in [6.07, 6.45) is -0.408. The number of ketones is 1. The van der Waals surface area contributed by atoms with Gasteiger partial charge in [-0.05, 0) is 29.5 Å². The number of aryl methyl sites for hydroxylation is 1. The van der Waals surface area contributed by atoms with Crippen molar-refractivity contribution in [3.8, 4) is 0 Å². The van der Waals surface area contributed by atoms with Gasteiger partial charge in [-0.15, -0.1) is 0 Å². The lowest BCUT2D eigenvalue weighted by Crippen LogP contribution is -2.09. The molecule has 0 bridgehead atoms. The Kier molecular flexibility index (Phi) is 3.64. The highest BCUT2D eigenvalue weighted by molar-refractivity contribution is 6.02. The molecule has 108 valence electrons. The van der Waals surface area contributed by atoms with Crippen LogP contribution in [0.15, 0.2) is 48.5 Å². The van der Waals surface area contributed by atoms with E-state index in [9.17, 15) is 4.79 Å². The monoisotopic (exact) mass is 280 g/mol. The van der Waals surface area contributed by atoms with E-state index in [2.05, 4.69) is 38.1 Å². The molecule has 0 aliphatic carbocycles. The molecule has 0 aromatic heterocycles. The third-order valence-electron chi connectivity index (χ3n) is 4.09. The fraction of sp³-hybridized carbons (Fsp3) is 0.316. The lowest BCUT2D eigenvalue weighted by atomic mass is 9.97. The second kappa shape index (κ2) is 5.45. The molecular weight excluding hydrogens is 260 g/mol. The van der Waals surface area contributed by atoms with Crippen LogP contribution in [0.25, 0.3) is 0 Å². The van der Waals surface area contributed by atoms with E-state index in [1.54, 1.807) is 0 Å². The first-order valence-corrected chi connectivity index (χ1v) is 7.43. The Labute approximate surface area is 125 Å². The Morgan fingerprint density at radius 3 is 2.33 bits per heavy atom. The normalized spacial score (nSPS) is 20.6. The molecule has 0 N–H and O–H groups in total. The van der Waals surface area contributed by atoms with Gasteiger partial charge in [-0.3, -0.25) is 4.79 Å². The maximum absolute atomic E-state index is 12.5. The molecule has 2 atom stereocenters. The number of epoxide rings is 1. The van der Waals surface area contributed by atoms with E-state index >= 15 is 0 Å². The van der Waals surface area contributed by atoms with Gasteiger partial charge < -0.3 is 4.74 Å². The minimum Gasteiger partial charge on any atom is -0.356 e. The van der Waals surface area contributed by atoms with Gasteiger partial charge in [0.15, 0.2) is 11.9 Å². The summed E-state index contributed by atoms with van der Waals surface area (Å²) in [6, 6.07) is 16.1. The van der Waals surface area contributed by atoms with E-state index in [0.717, 1.165) is 16.7 Å². The second-order valence-corrected chi connectivity index (χ2v) is 5.98. The predicted octanol–water partition coefficient (Wildman–Crippen LogP) is 4.44. The van der Waals surface area contributed by atoms with Crippen LogP contribution in [0, 0.1) is 6.92 Å². The van der Waals surface area contributed by atoms with E-state index in [-0.39, 0.29) is 18.0 Å². The zero-order valence-electron chi connectivity index (χ0n) is 12.7. The van der Waals surface area contributed by atoms with Crippen LogP contribution in [0.3, 0.4) is 0 Å². The first-order chi connectivity index (χ1) is 10.1. The van der Waals surface area contributed by atoms with E-state index in [0.29, 0.717) is 5.92 Å². The molecule has 0 amide bonds. The molecule has 0 saturated carbocycles. The van der Waals surface area contributed by atoms with E-state index < -0.39 is 0 Å². The maximum Gasteiger partial charge on any atom is 0.194 e. The predicted molar refractivity (Wildman–Crippen MR) is 83.7 cm³/mol. The standard InChI is InChI=1S/C19H20O2/c1-12(2)14-8-10-15(11-9-14)18-19(21-18)17(20)16-7-5-4-6-13(16)3/h4-12,18-19H,1-3H3. The van der Waals surface area contributed by atoms with E-state index in [4.69, 9.17) is 4.74 Å². The average molecular weight is 280 g/mol. The van der Waals surface area contributed by atoms with Crippen LogP contribution < -0.4 is 0 Å². The number of benzene rings is 2. The Morgan fingerprint density at radius 1 is 1.05 bits per heavy atom. The van der Waals surface area contributed by atoms with Crippen molar-refractivity contribution in [1.29, 1.82) is 0 Å². The summed E-state index contributed by atoms with van der Waals surface area (Å²) < 4.78 is 5.63. The molecule has 0 spiro atoms. The third-order valence-corrected chi connectivity index (χ3v) is 4.09. The molecule has 21 heavy (non-hydrogen) atoms. The zero-order valence-corrected chi connectivity index (χ0v) is 12.7. The summed E-state index contributed by atoms with van der Waals surface area (Å²) >= 11 is 0. The number of carbonyl (C=O) groups excluding carboxylic acids is 1. The Balaban J connectivity index is 1.74. The molecule has 1 saturated heterocycles. The van der Waals surface area contributed by atoms with Crippen LogP contribution in [0.4, 0.5) is 0 Å².